The highest BCUT2D eigenvalue weighted by atomic mass is 16.2. The molecule has 2 aromatic heterocycles. The summed E-state index contributed by atoms with van der Waals surface area (Å²) in [5.74, 6) is 1.12. The second kappa shape index (κ2) is 5.51. The van der Waals surface area contributed by atoms with Crippen LogP contribution in [0.5, 0.6) is 0 Å². The second-order valence-corrected chi connectivity index (χ2v) is 6.83. The third-order valence-electron chi connectivity index (χ3n) is 5.18. The SMILES string of the molecule is Cn1nc(C2CC2)cc1C(=O)NCc1c(C2CCC2)cnn1C. The van der Waals surface area contributed by atoms with Crippen LogP contribution in [0.4, 0.5) is 0 Å². The van der Waals surface area contributed by atoms with Gasteiger partial charge in [-0.25, -0.2) is 0 Å². The van der Waals surface area contributed by atoms with E-state index >= 15 is 0 Å². The summed E-state index contributed by atoms with van der Waals surface area (Å²) in [5.41, 5.74) is 4.10. The van der Waals surface area contributed by atoms with Gasteiger partial charge in [-0.1, -0.05) is 6.42 Å². The van der Waals surface area contributed by atoms with E-state index in [1.54, 1.807) is 4.68 Å². The third kappa shape index (κ3) is 2.66. The van der Waals surface area contributed by atoms with Crippen LogP contribution in [0.25, 0.3) is 0 Å². The highest BCUT2D eigenvalue weighted by Crippen LogP contribution is 2.39. The number of aryl methyl sites for hydroxylation is 2. The zero-order chi connectivity index (χ0) is 16.0. The van der Waals surface area contributed by atoms with Gasteiger partial charge in [-0.15, -0.1) is 0 Å². The van der Waals surface area contributed by atoms with E-state index in [0.717, 1.165) is 11.4 Å². The van der Waals surface area contributed by atoms with Crippen LogP contribution < -0.4 is 5.32 Å². The topological polar surface area (TPSA) is 64.7 Å². The van der Waals surface area contributed by atoms with Crippen LogP contribution in [0.2, 0.25) is 0 Å². The summed E-state index contributed by atoms with van der Waals surface area (Å²) in [6.07, 6.45) is 8.11. The molecule has 0 aliphatic heterocycles. The molecule has 6 nitrogen and oxygen atoms in total. The molecular weight excluding hydrogens is 290 g/mol. The number of rotatable bonds is 5. The first-order chi connectivity index (χ1) is 11.1. The molecule has 23 heavy (non-hydrogen) atoms. The standard InChI is InChI=1S/C17H23N5O/c1-21-16(13(9-19-21)11-4-3-5-11)10-18-17(23)15-8-14(12-6-7-12)20-22(15)2/h8-9,11-12H,3-7,10H2,1-2H3,(H,18,23). The van der Waals surface area contributed by atoms with Gasteiger partial charge in [0.25, 0.3) is 5.91 Å². The van der Waals surface area contributed by atoms with Crippen molar-refractivity contribution < 1.29 is 4.79 Å². The van der Waals surface area contributed by atoms with E-state index in [2.05, 4.69) is 15.5 Å². The Morgan fingerprint density at radius 1 is 1.22 bits per heavy atom. The fraction of sp³-hybridized carbons (Fsp3) is 0.588. The van der Waals surface area contributed by atoms with E-state index in [9.17, 15) is 4.79 Å². The summed E-state index contributed by atoms with van der Waals surface area (Å²) in [4.78, 5) is 12.5. The average molecular weight is 313 g/mol. The van der Waals surface area contributed by atoms with Crippen LogP contribution in [-0.2, 0) is 20.6 Å². The van der Waals surface area contributed by atoms with Gasteiger partial charge < -0.3 is 5.32 Å². The van der Waals surface area contributed by atoms with E-state index in [-0.39, 0.29) is 5.91 Å². The monoisotopic (exact) mass is 313 g/mol. The minimum atomic E-state index is -0.0624. The van der Waals surface area contributed by atoms with Gasteiger partial charge in [0.2, 0.25) is 0 Å². The number of carbonyl (C=O) groups excluding carboxylic acids is 1. The lowest BCUT2D eigenvalue weighted by atomic mass is 9.80. The third-order valence-corrected chi connectivity index (χ3v) is 5.18. The minimum absolute atomic E-state index is 0.0624. The molecule has 0 radical (unpaired) electrons. The van der Waals surface area contributed by atoms with E-state index in [0.29, 0.717) is 24.1 Å². The lowest BCUT2D eigenvalue weighted by Crippen LogP contribution is -2.27. The van der Waals surface area contributed by atoms with Gasteiger partial charge in [0.1, 0.15) is 5.69 Å². The van der Waals surface area contributed by atoms with Crippen molar-refractivity contribution in [3.05, 3.63) is 34.9 Å². The molecular formula is C17H23N5O. The smallest absolute Gasteiger partial charge is 0.269 e. The molecule has 2 fully saturated rings. The average Bonchev–Trinajstić information content (AvgIpc) is 3.16. The van der Waals surface area contributed by atoms with Crippen LogP contribution in [0.1, 0.15) is 71.4 Å². The van der Waals surface area contributed by atoms with Gasteiger partial charge in [-0.05, 0) is 43.2 Å². The zero-order valence-corrected chi connectivity index (χ0v) is 13.7. The lowest BCUT2D eigenvalue weighted by molar-refractivity contribution is 0.0940. The van der Waals surface area contributed by atoms with Gasteiger partial charge in [-0.3, -0.25) is 14.2 Å². The molecule has 0 spiro atoms. The molecule has 6 heteroatoms. The summed E-state index contributed by atoms with van der Waals surface area (Å²) >= 11 is 0. The maximum Gasteiger partial charge on any atom is 0.269 e. The Kier molecular flexibility index (Phi) is 3.47. The quantitative estimate of drug-likeness (QED) is 0.920. The molecule has 0 bridgehead atoms. The Bertz CT molecular complexity index is 736. The Morgan fingerprint density at radius 3 is 2.65 bits per heavy atom. The molecule has 2 aliphatic carbocycles. The van der Waals surface area contributed by atoms with Crippen LogP contribution in [-0.4, -0.2) is 25.5 Å². The molecule has 0 saturated heterocycles. The zero-order valence-electron chi connectivity index (χ0n) is 13.7. The summed E-state index contributed by atoms with van der Waals surface area (Å²) in [6, 6.07) is 1.93. The van der Waals surface area contributed by atoms with Crippen LogP contribution in [0, 0.1) is 0 Å². The summed E-state index contributed by atoms with van der Waals surface area (Å²) in [6.45, 7) is 0.519. The Morgan fingerprint density at radius 2 is 2.00 bits per heavy atom. The number of nitrogens with zero attached hydrogens (tertiary/aromatic N) is 4. The largest absolute Gasteiger partial charge is 0.345 e. The summed E-state index contributed by atoms with van der Waals surface area (Å²) in [7, 11) is 3.78. The minimum Gasteiger partial charge on any atom is -0.345 e. The van der Waals surface area contributed by atoms with Crippen LogP contribution in [0.15, 0.2) is 12.3 Å². The molecule has 2 aliphatic rings. The first-order valence-corrected chi connectivity index (χ1v) is 8.46. The maximum absolute atomic E-state index is 12.5. The maximum atomic E-state index is 12.5. The van der Waals surface area contributed by atoms with Crippen LogP contribution >= 0.6 is 0 Å². The molecule has 2 aromatic rings. The van der Waals surface area contributed by atoms with Gasteiger partial charge in [-0.2, -0.15) is 10.2 Å². The number of nitrogens with one attached hydrogen (secondary N) is 1. The number of amides is 1. The van der Waals surface area contributed by atoms with Crippen molar-refractivity contribution >= 4 is 5.91 Å². The first-order valence-electron chi connectivity index (χ1n) is 8.46. The van der Waals surface area contributed by atoms with Gasteiger partial charge in [0, 0.05) is 20.0 Å². The highest BCUT2D eigenvalue weighted by molar-refractivity contribution is 5.92. The second-order valence-electron chi connectivity index (χ2n) is 6.83. The van der Waals surface area contributed by atoms with E-state index < -0.39 is 0 Å². The fourth-order valence-corrected chi connectivity index (χ4v) is 3.29. The van der Waals surface area contributed by atoms with Gasteiger partial charge >= 0.3 is 0 Å². The summed E-state index contributed by atoms with van der Waals surface area (Å²) < 4.78 is 3.58. The first kappa shape index (κ1) is 14.5. The molecule has 0 atom stereocenters. The normalized spacial score (nSPS) is 18.0. The van der Waals surface area contributed by atoms with Crippen LogP contribution in [0.3, 0.4) is 0 Å². The van der Waals surface area contributed by atoms with Crippen molar-refractivity contribution in [2.24, 2.45) is 14.1 Å². The van der Waals surface area contributed by atoms with E-state index in [1.807, 2.05) is 31.0 Å². The summed E-state index contributed by atoms with van der Waals surface area (Å²) in [5, 5.41) is 11.9. The predicted molar refractivity (Wildman–Crippen MR) is 86.2 cm³/mol. The molecule has 0 aromatic carbocycles. The molecule has 2 saturated carbocycles. The number of hydrogen-bond donors (Lipinski definition) is 1. The lowest BCUT2D eigenvalue weighted by Gasteiger charge is -2.25. The molecule has 122 valence electrons. The Labute approximate surface area is 135 Å². The van der Waals surface area contributed by atoms with Crippen molar-refractivity contribution in [3.63, 3.8) is 0 Å². The van der Waals surface area contributed by atoms with Crippen molar-refractivity contribution in [3.8, 4) is 0 Å². The predicted octanol–water partition coefficient (Wildman–Crippen LogP) is 2.23. The van der Waals surface area contributed by atoms with Gasteiger partial charge in [0.15, 0.2) is 0 Å². The molecule has 2 heterocycles. The van der Waals surface area contributed by atoms with E-state index in [1.165, 1.54) is 37.7 Å². The number of hydrogen-bond acceptors (Lipinski definition) is 3. The molecule has 0 unspecified atom stereocenters. The molecule has 1 amide bonds. The van der Waals surface area contributed by atoms with Crippen molar-refractivity contribution in [1.82, 2.24) is 24.9 Å². The Hall–Kier alpha value is -2.11. The highest BCUT2D eigenvalue weighted by Gasteiger charge is 2.28. The number of carbonyl (C=O) groups is 1. The molecule has 1 N–H and O–H groups in total. The van der Waals surface area contributed by atoms with E-state index in [4.69, 9.17) is 0 Å². The van der Waals surface area contributed by atoms with Crippen molar-refractivity contribution in [1.29, 1.82) is 0 Å². The van der Waals surface area contributed by atoms with Crippen molar-refractivity contribution in [2.45, 2.75) is 50.5 Å². The number of aromatic nitrogens is 4. The fourth-order valence-electron chi connectivity index (χ4n) is 3.29. The molecule has 4 rings (SSSR count). The van der Waals surface area contributed by atoms with Gasteiger partial charge in [0.05, 0.1) is 24.1 Å². The van der Waals surface area contributed by atoms with Crippen molar-refractivity contribution in [2.75, 3.05) is 0 Å². The Balaban J connectivity index is 1.46.